The molecule has 8 heteroatoms. The lowest BCUT2D eigenvalue weighted by atomic mass is 9.95. The molecule has 2 aliphatic heterocycles. The van der Waals surface area contributed by atoms with Crippen LogP contribution in [0.1, 0.15) is 35.6 Å². The first-order chi connectivity index (χ1) is 18.9. The number of rotatable bonds is 7. The molecular weight excluding hydrogens is 510 g/mol. The molecule has 5 rings (SSSR count). The number of aryl methyl sites for hydroxylation is 1. The number of carbonyl (C=O) groups is 1. The molecule has 0 aliphatic carbocycles. The minimum atomic E-state index is -3.78. The van der Waals surface area contributed by atoms with Gasteiger partial charge in [-0.2, -0.15) is 4.31 Å². The van der Waals surface area contributed by atoms with Gasteiger partial charge in [0, 0.05) is 39.3 Å². The molecule has 0 saturated carbocycles. The summed E-state index contributed by atoms with van der Waals surface area (Å²) in [5.41, 5.74) is 3.33. The predicted octanol–water partition coefficient (Wildman–Crippen LogP) is 4.34. The average Bonchev–Trinajstić information content (AvgIpc) is 2.98. The molecule has 2 aliphatic rings. The molecule has 0 N–H and O–H groups in total. The third kappa shape index (κ3) is 5.88. The van der Waals surface area contributed by atoms with E-state index in [1.165, 1.54) is 22.5 Å². The van der Waals surface area contributed by atoms with Gasteiger partial charge < -0.3 is 9.64 Å². The zero-order valence-electron chi connectivity index (χ0n) is 22.7. The van der Waals surface area contributed by atoms with Crippen LogP contribution in [0, 0.1) is 12.8 Å². The Morgan fingerprint density at radius 2 is 1.49 bits per heavy atom. The number of carbonyl (C=O) groups excluding carboxylic acids is 1. The molecule has 2 saturated heterocycles. The van der Waals surface area contributed by atoms with Gasteiger partial charge in [-0.15, -0.1) is 0 Å². The molecule has 0 unspecified atom stereocenters. The quantitative estimate of drug-likeness (QED) is 0.440. The average molecular weight is 548 g/mol. The monoisotopic (exact) mass is 547 g/mol. The zero-order chi connectivity index (χ0) is 27.4. The van der Waals surface area contributed by atoms with Crippen molar-refractivity contribution in [3.8, 4) is 5.75 Å². The van der Waals surface area contributed by atoms with Crippen LogP contribution in [-0.4, -0.2) is 74.8 Å². The van der Waals surface area contributed by atoms with Crippen molar-refractivity contribution in [1.29, 1.82) is 0 Å². The molecular formula is C31H37N3O4S. The van der Waals surface area contributed by atoms with E-state index in [1.807, 2.05) is 30.0 Å². The molecule has 206 valence electrons. The molecule has 3 aromatic rings. The lowest BCUT2D eigenvalue weighted by Crippen LogP contribution is -2.53. The highest BCUT2D eigenvalue weighted by molar-refractivity contribution is 7.89. The molecule has 3 aromatic carbocycles. The van der Waals surface area contributed by atoms with Crippen LogP contribution >= 0.6 is 0 Å². The van der Waals surface area contributed by atoms with E-state index in [2.05, 4.69) is 53.4 Å². The second-order valence-corrected chi connectivity index (χ2v) is 12.3. The van der Waals surface area contributed by atoms with E-state index in [1.54, 1.807) is 12.1 Å². The van der Waals surface area contributed by atoms with Crippen molar-refractivity contribution in [2.75, 3.05) is 46.4 Å². The summed E-state index contributed by atoms with van der Waals surface area (Å²) in [5.74, 6) is 0.0493. The molecule has 39 heavy (non-hydrogen) atoms. The van der Waals surface area contributed by atoms with Crippen molar-refractivity contribution in [3.05, 3.63) is 95.6 Å². The summed E-state index contributed by atoms with van der Waals surface area (Å²) < 4.78 is 34.0. The number of sulfonamides is 1. The Balaban J connectivity index is 1.27. The lowest BCUT2D eigenvalue weighted by molar-refractivity contribution is -0.138. The van der Waals surface area contributed by atoms with Crippen LogP contribution in [-0.2, 0) is 14.8 Å². The van der Waals surface area contributed by atoms with Gasteiger partial charge in [0.15, 0.2) is 0 Å². The minimum absolute atomic E-state index is 0.0572. The number of benzene rings is 3. The van der Waals surface area contributed by atoms with Gasteiger partial charge in [0.05, 0.1) is 19.1 Å². The molecule has 2 heterocycles. The summed E-state index contributed by atoms with van der Waals surface area (Å²) in [6.07, 6.45) is 1.36. The summed E-state index contributed by atoms with van der Waals surface area (Å²) in [7, 11) is -2.30. The summed E-state index contributed by atoms with van der Waals surface area (Å²) >= 11 is 0. The van der Waals surface area contributed by atoms with Crippen molar-refractivity contribution in [2.24, 2.45) is 5.92 Å². The summed E-state index contributed by atoms with van der Waals surface area (Å²) in [6.45, 7) is 5.25. The second kappa shape index (κ2) is 11.9. The van der Waals surface area contributed by atoms with E-state index in [9.17, 15) is 13.2 Å². The van der Waals surface area contributed by atoms with Crippen molar-refractivity contribution < 1.29 is 17.9 Å². The molecule has 1 atom stereocenters. The number of methoxy groups -OCH3 is 1. The Morgan fingerprint density at radius 1 is 0.872 bits per heavy atom. The fraction of sp³-hybridized carbons (Fsp3) is 0.387. The molecule has 0 aromatic heterocycles. The first-order valence-electron chi connectivity index (χ1n) is 13.7. The maximum atomic E-state index is 13.6. The Hall–Kier alpha value is -3.20. The van der Waals surface area contributed by atoms with E-state index >= 15 is 0 Å². The van der Waals surface area contributed by atoms with Gasteiger partial charge in [-0.05, 0) is 48.6 Å². The highest BCUT2D eigenvalue weighted by Crippen LogP contribution is 2.32. The molecule has 1 amide bonds. The first-order valence-corrected chi connectivity index (χ1v) is 15.1. The lowest BCUT2D eigenvalue weighted by Gasteiger charge is -2.41. The SMILES string of the molecule is COc1ccc(C)cc1S(=O)(=O)N1CCC[C@@H](C(=O)N2CCN(C(c3ccccc3)c3ccccc3)CC2)C1. The second-order valence-electron chi connectivity index (χ2n) is 10.4. The highest BCUT2D eigenvalue weighted by atomic mass is 32.2. The van der Waals surface area contributed by atoms with Crippen molar-refractivity contribution in [3.63, 3.8) is 0 Å². The number of ether oxygens (including phenoxy) is 1. The zero-order valence-corrected chi connectivity index (χ0v) is 23.5. The summed E-state index contributed by atoms with van der Waals surface area (Å²) in [4.78, 5) is 18.2. The van der Waals surface area contributed by atoms with Gasteiger partial charge in [0.1, 0.15) is 10.6 Å². The Morgan fingerprint density at radius 3 is 2.08 bits per heavy atom. The number of piperidine rings is 1. The number of hydrogen-bond acceptors (Lipinski definition) is 5. The van der Waals surface area contributed by atoms with Gasteiger partial charge in [-0.25, -0.2) is 8.42 Å². The maximum absolute atomic E-state index is 13.6. The third-order valence-electron chi connectivity index (χ3n) is 7.89. The Labute approximate surface area is 232 Å². The van der Waals surface area contributed by atoms with E-state index in [0.717, 1.165) is 18.7 Å². The Kier molecular flexibility index (Phi) is 8.35. The fourth-order valence-electron chi connectivity index (χ4n) is 5.83. The van der Waals surface area contributed by atoms with Gasteiger partial charge in [0.25, 0.3) is 0 Å². The van der Waals surface area contributed by atoms with Gasteiger partial charge in [-0.1, -0.05) is 66.7 Å². The van der Waals surface area contributed by atoms with E-state index in [0.29, 0.717) is 38.2 Å². The molecule has 0 bridgehead atoms. The van der Waals surface area contributed by atoms with Gasteiger partial charge >= 0.3 is 0 Å². The molecule has 7 nitrogen and oxygen atoms in total. The van der Waals surface area contributed by atoms with Crippen LogP contribution in [0.15, 0.2) is 83.8 Å². The number of hydrogen-bond donors (Lipinski definition) is 0. The largest absolute Gasteiger partial charge is 0.495 e. The normalized spacial score (nSPS) is 19.3. The summed E-state index contributed by atoms with van der Waals surface area (Å²) in [6, 6.07) is 26.3. The standard InChI is InChI=1S/C31H37N3O4S/c1-24-15-16-28(38-2)29(22-24)39(36,37)34-17-9-14-27(23-34)31(35)33-20-18-32(19-21-33)30(25-10-5-3-6-11-25)26-12-7-4-8-13-26/h3-8,10-13,15-16,22,27,30H,9,14,17-21,23H2,1-2H3/t27-/m1/s1. The van der Waals surface area contributed by atoms with E-state index in [4.69, 9.17) is 4.74 Å². The fourth-order valence-corrected chi connectivity index (χ4v) is 7.59. The topological polar surface area (TPSA) is 70.2 Å². The number of nitrogens with zero attached hydrogens (tertiary/aromatic N) is 3. The van der Waals surface area contributed by atoms with E-state index in [-0.39, 0.29) is 29.3 Å². The maximum Gasteiger partial charge on any atom is 0.246 e. The summed E-state index contributed by atoms with van der Waals surface area (Å²) in [5, 5.41) is 0. The van der Waals surface area contributed by atoms with Crippen molar-refractivity contribution in [1.82, 2.24) is 14.1 Å². The number of piperazine rings is 1. The first kappa shape index (κ1) is 27.4. The van der Waals surface area contributed by atoms with Crippen LogP contribution in [0.2, 0.25) is 0 Å². The number of amides is 1. The highest BCUT2D eigenvalue weighted by Gasteiger charge is 2.37. The Bertz CT molecular complexity index is 1330. The van der Waals surface area contributed by atoms with Crippen LogP contribution in [0.3, 0.4) is 0 Å². The van der Waals surface area contributed by atoms with E-state index < -0.39 is 10.0 Å². The molecule has 0 radical (unpaired) electrons. The minimum Gasteiger partial charge on any atom is -0.495 e. The predicted molar refractivity (Wildman–Crippen MR) is 152 cm³/mol. The van der Waals surface area contributed by atoms with Crippen molar-refractivity contribution in [2.45, 2.75) is 30.7 Å². The third-order valence-corrected chi connectivity index (χ3v) is 9.78. The van der Waals surface area contributed by atoms with Crippen LogP contribution in [0.4, 0.5) is 0 Å². The molecule has 2 fully saturated rings. The van der Waals surface area contributed by atoms with Gasteiger partial charge in [0.2, 0.25) is 15.9 Å². The molecule has 0 spiro atoms. The van der Waals surface area contributed by atoms with Crippen LogP contribution in [0.5, 0.6) is 5.75 Å². The van der Waals surface area contributed by atoms with Gasteiger partial charge in [-0.3, -0.25) is 9.69 Å². The van der Waals surface area contributed by atoms with Crippen LogP contribution < -0.4 is 4.74 Å². The smallest absolute Gasteiger partial charge is 0.246 e. The van der Waals surface area contributed by atoms with Crippen molar-refractivity contribution >= 4 is 15.9 Å². The van der Waals surface area contributed by atoms with Crippen LogP contribution in [0.25, 0.3) is 0 Å².